The maximum Gasteiger partial charge on any atom is 0.265 e. The van der Waals surface area contributed by atoms with E-state index in [1.807, 2.05) is 0 Å². The SMILES string of the molecule is C#Cc1ccccc1N1C(=O)C2=CC3C(=O)N(c4ccccc4C#C)C(=O)C3C=C2C1=O. The molecule has 6 heteroatoms. The summed E-state index contributed by atoms with van der Waals surface area (Å²) in [7, 11) is 0. The van der Waals surface area contributed by atoms with E-state index >= 15 is 0 Å². The third-order valence-corrected chi connectivity index (χ3v) is 5.85. The van der Waals surface area contributed by atoms with Gasteiger partial charge in [0.05, 0.1) is 23.2 Å². The molecule has 2 fully saturated rings. The molecular weight excluding hydrogens is 404 g/mol. The van der Waals surface area contributed by atoms with Gasteiger partial charge in [0.2, 0.25) is 11.8 Å². The molecule has 5 rings (SSSR count). The largest absolute Gasteiger partial charge is 0.273 e. The molecule has 6 nitrogen and oxygen atoms in total. The minimum Gasteiger partial charge on any atom is -0.273 e. The predicted molar refractivity (Wildman–Crippen MR) is 117 cm³/mol. The van der Waals surface area contributed by atoms with Gasteiger partial charge in [-0.3, -0.25) is 19.2 Å². The highest BCUT2D eigenvalue weighted by molar-refractivity contribution is 6.38. The Morgan fingerprint density at radius 1 is 0.625 bits per heavy atom. The molecule has 2 aliphatic heterocycles. The van der Waals surface area contributed by atoms with Gasteiger partial charge in [0.1, 0.15) is 0 Å². The summed E-state index contributed by atoms with van der Waals surface area (Å²) in [5.41, 5.74) is 1.57. The second-order valence-electron chi connectivity index (χ2n) is 7.49. The molecule has 2 unspecified atom stereocenters. The van der Waals surface area contributed by atoms with Gasteiger partial charge in [-0.25, -0.2) is 9.80 Å². The number of hydrogen-bond donors (Lipinski definition) is 0. The summed E-state index contributed by atoms with van der Waals surface area (Å²) in [6, 6.07) is 13.2. The highest BCUT2D eigenvalue weighted by atomic mass is 16.2. The lowest BCUT2D eigenvalue weighted by Gasteiger charge is -2.16. The number of hydrogen-bond acceptors (Lipinski definition) is 4. The fourth-order valence-electron chi connectivity index (χ4n) is 4.35. The van der Waals surface area contributed by atoms with E-state index in [1.54, 1.807) is 48.5 Å². The van der Waals surface area contributed by atoms with Crippen LogP contribution in [0.25, 0.3) is 0 Å². The molecule has 0 bridgehead atoms. The van der Waals surface area contributed by atoms with Crippen molar-refractivity contribution in [3.05, 3.63) is 83.0 Å². The second kappa shape index (κ2) is 6.94. The summed E-state index contributed by atoms with van der Waals surface area (Å²) in [6.07, 6.45) is 13.9. The lowest BCUT2D eigenvalue weighted by molar-refractivity contribution is -0.122. The van der Waals surface area contributed by atoms with E-state index in [0.29, 0.717) is 16.8 Å². The summed E-state index contributed by atoms with van der Waals surface area (Å²) in [5.74, 6) is 1.01. The molecule has 0 spiro atoms. The average Bonchev–Trinajstić information content (AvgIpc) is 3.21. The van der Waals surface area contributed by atoms with E-state index < -0.39 is 35.5 Å². The van der Waals surface area contributed by atoms with E-state index in [-0.39, 0.29) is 16.8 Å². The number of imide groups is 2. The van der Waals surface area contributed by atoms with Crippen LogP contribution in [0.2, 0.25) is 0 Å². The zero-order valence-corrected chi connectivity index (χ0v) is 16.6. The van der Waals surface area contributed by atoms with Gasteiger partial charge in [-0.2, -0.15) is 0 Å². The summed E-state index contributed by atoms with van der Waals surface area (Å²) >= 11 is 0. The Kier molecular flexibility index (Phi) is 4.18. The number of rotatable bonds is 2. The minimum absolute atomic E-state index is 0.0938. The van der Waals surface area contributed by atoms with Crippen molar-refractivity contribution in [1.82, 2.24) is 0 Å². The van der Waals surface area contributed by atoms with Gasteiger partial charge < -0.3 is 0 Å². The number of fused-ring (bicyclic) bond motifs is 2. The fourth-order valence-corrected chi connectivity index (χ4v) is 4.35. The van der Waals surface area contributed by atoms with Crippen molar-refractivity contribution in [2.75, 3.05) is 9.80 Å². The molecule has 0 saturated carbocycles. The first-order chi connectivity index (χ1) is 15.5. The number of carbonyl (C=O) groups is 4. The molecule has 2 atom stereocenters. The zero-order chi connectivity index (χ0) is 22.6. The first-order valence-corrected chi connectivity index (χ1v) is 9.79. The number of benzene rings is 2. The predicted octanol–water partition coefficient (Wildman–Crippen LogP) is 2.19. The van der Waals surface area contributed by atoms with Crippen molar-refractivity contribution >= 4 is 35.0 Å². The molecule has 3 aliphatic rings. The highest BCUT2D eigenvalue weighted by Gasteiger charge is 2.52. The van der Waals surface area contributed by atoms with Gasteiger partial charge in [0.25, 0.3) is 11.8 Å². The molecule has 2 saturated heterocycles. The van der Waals surface area contributed by atoms with Crippen molar-refractivity contribution in [2.45, 2.75) is 0 Å². The van der Waals surface area contributed by atoms with Gasteiger partial charge in [0.15, 0.2) is 0 Å². The van der Waals surface area contributed by atoms with Gasteiger partial charge >= 0.3 is 0 Å². The first kappa shape index (κ1) is 19.3. The Morgan fingerprint density at radius 3 is 1.47 bits per heavy atom. The van der Waals surface area contributed by atoms with E-state index in [1.165, 1.54) is 12.2 Å². The summed E-state index contributed by atoms with van der Waals surface area (Å²) in [4.78, 5) is 54.7. The Morgan fingerprint density at radius 2 is 1.03 bits per heavy atom. The van der Waals surface area contributed by atoms with Crippen LogP contribution in [0.5, 0.6) is 0 Å². The Balaban J connectivity index is 1.57. The topological polar surface area (TPSA) is 74.8 Å². The van der Waals surface area contributed by atoms with Crippen LogP contribution < -0.4 is 9.80 Å². The monoisotopic (exact) mass is 418 g/mol. The standard InChI is InChI=1S/C26H14N2O4/c1-3-15-9-5-7-11-21(15)27-23(29)17-13-19-20(14-18(17)24(27)30)26(32)28(25(19)31)22-12-8-6-10-16(22)4-2/h1-2,5-14,17-18H. The fraction of sp³-hybridized carbons (Fsp3) is 0.0769. The van der Waals surface area contributed by atoms with Gasteiger partial charge in [-0.15, -0.1) is 12.8 Å². The van der Waals surface area contributed by atoms with Crippen molar-refractivity contribution in [3.63, 3.8) is 0 Å². The number of anilines is 2. The van der Waals surface area contributed by atoms with Crippen molar-refractivity contribution in [3.8, 4) is 24.7 Å². The molecule has 0 N–H and O–H groups in total. The van der Waals surface area contributed by atoms with E-state index in [0.717, 1.165) is 9.80 Å². The van der Waals surface area contributed by atoms with Crippen LogP contribution in [0.4, 0.5) is 11.4 Å². The summed E-state index contributed by atoms with van der Waals surface area (Å²) in [5, 5.41) is 0. The number of para-hydroxylation sites is 2. The van der Waals surface area contributed by atoms with Crippen LogP contribution in [-0.2, 0) is 19.2 Å². The molecule has 2 aromatic rings. The van der Waals surface area contributed by atoms with Crippen molar-refractivity contribution in [2.24, 2.45) is 11.8 Å². The van der Waals surface area contributed by atoms with Gasteiger partial charge in [-0.05, 0) is 24.3 Å². The smallest absolute Gasteiger partial charge is 0.265 e. The van der Waals surface area contributed by atoms with Crippen molar-refractivity contribution < 1.29 is 19.2 Å². The minimum atomic E-state index is -0.897. The Hall–Kier alpha value is -4.68. The average molecular weight is 418 g/mol. The molecular formula is C26H14N2O4. The van der Waals surface area contributed by atoms with E-state index in [9.17, 15) is 19.2 Å². The Labute approximate surface area is 183 Å². The Bertz CT molecular complexity index is 1350. The van der Waals surface area contributed by atoms with Gasteiger partial charge in [-0.1, -0.05) is 48.3 Å². The third-order valence-electron chi connectivity index (χ3n) is 5.85. The number of amides is 4. The van der Waals surface area contributed by atoms with Crippen molar-refractivity contribution in [1.29, 1.82) is 0 Å². The maximum absolute atomic E-state index is 13.2. The van der Waals surface area contributed by atoms with Crippen LogP contribution in [-0.4, -0.2) is 23.6 Å². The molecule has 0 aromatic heterocycles. The van der Waals surface area contributed by atoms with Gasteiger partial charge in [0, 0.05) is 22.3 Å². The molecule has 152 valence electrons. The van der Waals surface area contributed by atoms with E-state index in [2.05, 4.69) is 11.8 Å². The van der Waals surface area contributed by atoms with Crippen LogP contribution in [0.3, 0.4) is 0 Å². The number of carbonyl (C=O) groups excluding carboxylic acids is 4. The molecule has 1 aliphatic carbocycles. The summed E-state index contributed by atoms with van der Waals surface area (Å²) in [6.45, 7) is 0. The zero-order valence-electron chi connectivity index (χ0n) is 16.6. The maximum atomic E-state index is 13.2. The van der Waals surface area contributed by atoms with Crippen LogP contribution >= 0.6 is 0 Å². The lowest BCUT2D eigenvalue weighted by atomic mass is 9.84. The second-order valence-corrected chi connectivity index (χ2v) is 7.49. The van der Waals surface area contributed by atoms with E-state index in [4.69, 9.17) is 12.8 Å². The summed E-state index contributed by atoms with van der Waals surface area (Å²) < 4.78 is 0. The first-order valence-electron chi connectivity index (χ1n) is 9.79. The molecule has 2 aromatic carbocycles. The lowest BCUT2D eigenvalue weighted by Crippen LogP contribution is -2.32. The van der Waals surface area contributed by atoms with Crippen LogP contribution in [0.1, 0.15) is 11.1 Å². The quantitative estimate of drug-likeness (QED) is 0.554. The molecule has 0 radical (unpaired) electrons. The number of nitrogens with zero attached hydrogens (tertiary/aromatic N) is 2. The molecule has 4 amide bonds. The van der Waals surface area contributed by atoms with Crippen LogP contribution in [0.15, 0.2) is 71.8 Å². The van der Waals surface area contributed by atoms with Crippen LogP contribution in [0, 0.1) is 36.5 Å². The number of terminal acetylenes is 2. The molecule has 32 heavy (non-hydrogen) atoms. The highest BCUT2D eigenvalue weighted by Crippen LogP contribution is 2.42. The molecule has 2 heterocycles. The third kappa shape index (κ3) is 2.50. The normalized spacial score (nSPS) is 21.6.